The first-order valence-electron chi connectivity index (χ1n) is 5.22. The summed E-state index contributed by atoms with van der Waals surface area (Å²) in [5.74, 6) is 0. The molecule has 0 fully saturated rings. The first-order chi connectivity index (χ1) is 9.25. The number of nitriles is 1. The summed E-state index contributed by atoms with van der Waals surface area (Å²) in [6.45, 7) is 1.68. The van der Waals surface area contributed by atoms with Crippen LogP contribution in [0.25, 0.3) is 5.69 Å². The number of nitrogens with zero attached hydrogens (tertiary/aromatic N) is 3. The molecule has 0 saturated heterocycles. The highest BCUT2D eigenvalue weighted by molar-refractivity contribution is 7.89. The van der Waals surface area contributed by atoms with Gasteiger partial charge in [-0.05, 0) is 19.1 Å². The van der Waals surface area contributed by atoms with E-state index in [1.165, 1.54) is 16.9 Å². The van der Waals surface area contributed by atoms with E-state index in [0.717, 1.165) is 6.07 Å². The molecule has 104 valence electrons. The summed E-state index contributed by atoms with van der Waals surface area (Å²) >= 11 is 11.9. The van der Waals surface area contributed by atoms with Gasteiger partial charge in [-0.3, -0.25) is 0 Å². The molecule has 0 aliphatic rings. The highest BCUT2D eigenvalue weighted by Gasteiger charge is 2.18. The van der Waals surface area contributed by atoms with Gasteiger partial charge in [-0.25, -0.2) is 18.2 Å². The summed E-state index contributed by atoms with van der Waals surface area (Å²) < 4.78 is 24.1. The van der Waals surface area contributed by atoms with Crippen molar-refractivity contribution in [3.63, 3.8) is 0 Å². The molecule has 0 radical (unpaired) electrons. The van der Waals surface area contributed by atoms with Crippen molar-refractivity contribution in [2.75, 3.05) is 0 Å². The van der Waals surface area contributed by atoms with Gasteiger partial charge >= 0.3 is 0 Å². The molecule has 0 aliphatic heterocycles. The van der Waals surface area contributed by atoms with Crippen LogP contribution in [0, 0.1) is 18.3 Å². The number of rotatable bonds is 2. The molecule has 1 aromatic carbocycles. The Morgan fingerprint density at radius 1 is 1.35 bits per heavy atom. The van der Waals surface area contributed by atoms with Crippen LogP contribution in [-0.2, 0) is 10.0 Å². The van der Waals surface area contributed by atoms with Crippen LogP contribution in [-0.4, -0.2) is 18.2 Å². The van der Waals surface area contributed by atoms with Crippen LogP contribution in [0.1, 0.15) is 11.3 Å². The van der Waals surface area contributed by atoms with E-state index in [4.69, 9.17) is 33.6 Å². The van der Waals surface area contributed by atoms with Crippen LogP contribution in [0.2, 0.25) is 10.0 Å². The quantitative estimate of drug-likeness (QED) is 0.909. The summed E-state index contributed by atoms with van der Waals surface area (Å²) in [5.41, 5.74) is 1.31. The van der Waals surface area contributed by atoms with Crippen molar-refractivity contribution in [3.05, 3.63) is 39.6 Å². The summed E-state index contributed by atoms with van der Waals surface area (Å²) in [7, 11) is -3.96. The van der Waals surface area contributed by atoms with E-state index < -0.39 is 10.0 Å². The van der Waals surface area contributed by atoms with Crippen molar-refractivity contribution < 1.29 is 8.42 Å². The summed E-state index contributed by atoms with van der Waals surface area (Å²) in [6, 6.07) is 4.47. The molecule has 2 N–H and O–H groups in total. The fourth-order valence-corrected chi connectivity index (χ4v) is 3.06. The molecule has 0 bridgehead atoms. The molecular formula is C11H8Cl2N4O2S. The van der Waals surface area contributed by atoms with E-state index in [2.05, 4.69) is 5.10 Å². The average Bonchev–Trinajstić information content (AvgIpc) is 2.71. The third-order valence-electron chi connectivity index (χ3n) is 2.67. The minimum atomic E-state index is -3.96. The Bertz CT molecular complexity index is 837. The van der Waals surface area contributed by atoms with Crippen molar-refractivity contribution in [2.24, 2.45) is 5.14 Å². The summed E-state index contributed by atoms with van der Waals surface area (Å²) in [5, 5.41) is 18.0. The Hall–Kier alpha value is -1.59. The molecule has 9 heteroatoms. The van der Waals surface area contributed by atoms with Gasteiger partial charge in [0.1, 0.15) is 11.0 Å². The smallest absolute Gasteiger partial charge is 0.235 e. The highest BCUT2D eigenvalue weighted by Crippen LogP contribution is 2.31. The maximum Gasteiger partial charge on any atom is 0.239 e. The third-order valence-corrected chi connectivity index (χ3v) is 4.34. The molecule has 0 amide bonds. The van der Waals surface area contributed by atoms with Gasteiger partial charge < -0.3 is 0 Å². The van der Waals surface area contributed by atoms with Crippen molar-refractivity contribution in [2.45, 2.75) is 11.8 Å². The predicted molar refractivity (Wildman–Crippen MR) is 74.4 cm³/mol. The van der Waals surface area contributed by atoms with Crippen LogP contribution in [0.4, 0.5) is 0 Å². The minimum absolute atomic E-state index is 0.0692. The molecule has 0 saturated carbocycles. The van der Waals surface area contributed by atoms with Gasteiger partial charge in [0.15, 0.2) is 0 Å². The largest absolute Gasteiger partial charge is 0.239 e. The maximum absolute atomic E-state index is 11.3. The Kier molecular flexibility index (Phi) is 3.75. The van der Waals surface area contributed by atoms with Crippen LogP contribution < -0.4 is 5.14 Å². The number of hydrogen-bond donors (Lipinski definition) is 1. The van der Waals surface area contributed by atoms with Gasteiger partial charge in [0.2, 0.25) is 10.0 Å². The number of halogens is 2. The lowest BCUT2D eigenvalue weighted by Crippen LogP contribution is -2.13. The highest BCUT2D eigenvalue weighted by atomic mass is 35.5. The van der Waals surface area contributed by atoms with Crippen molar-refractivity contribution in [1.29, 1.82) is 5.26 Å². The molecule has 0 unspecified atom stereocenters. The summed E-state index contributed by atoms with van der Waals surface area (Å²) in [6.07, 6.45) is 1.38. The number of aromatic nitrogens is 2. The molecule has 1 aromatic heterocycles. The maximum atomic E-state index is 11.3. The first-order valence-corrected chi connectivity index (χ1v) is 7.53. The van der Waals surface area contributed by atoms with Gasteiger partial charge in [0.05, 0.1) is 33.2 Å². The van der Waals surface area contributed by atoms with Gasteiger partial charge in [-0.15, -0.1) is 0 Å². The molecule has 6 nitrogen and oxygen atoms in total. The third kappa shape index (κ3) is 2.51. The Balaban J connectivity index is 2.69. The molecule has 0 atom stereocenters. The van der Waals surface area contributed by atoms with Crippen LogP contribution in [0.5, 0.6) is 0 Å². The van der Waals surface area contributed by atoms with Crippen LogP contribution >= 0.6 is 23.2 Å². The fraction of sp³-hybridized carbons (Fsp3) is 0.0909. The predicted octanol–water partition coefficient (Wildman–Crippen LogP) is 2.01. The standard InChI is InChI=1S/C11H8Cl2N4O2S/c1-6-7(4-14)5-16-17(6)10-2-9(13)11(3-8(10)12)20(15,18)19/h2-3,5H,1H3,(H2,15,18,19). The first kappa shape index (κ1) is 14.8. The lowest BCUT2D eigenvalue weighted by molar-refractivity contribution is 0.598. The second-order valence-electron chi connectivity index (χ2n) is 3.95. The van der Waals surface area contributed by atoms with Crippen LogP contribution in [0.15, 0.2) is 23.2 Å². The number of sulfonamides is 1. The molecule has 2 aromatic rings. The molecular weight excluding hydrogens is 323 g/mol. The van der Waals surface area contributed by atoms with Crippen molar-refractivity contribution in [3.8, 4) is 11.8 Å². The molecule has 0 aliphatic carbocycles. The molecule has 20 heavy (non-hydrogen) atoms. The second kappa shape index (κ2) is 5.07. The van der Waals surface area contributed by atoms with E-state index in [0.29, 0.717) is 16.9 Å². The van der Waals surface area contributed by atoms with Gasteiger partial charge in [-0.2, -0.15) is 10.4 Å². The number of primary sulfonamides is 1. The molecule has 0 spiro atoms. The Labute approximate surface area is 125 Å². The monoisotopic (exact) mass is 330 g/mol. The van der Waals surface area contributed by atoms with E-state index in [9.17, 15) is 8.42 Å². The zero-order valence-corrected chi connectivity index (χ0v) is 12.5. The SMILES string of the molecule is Cc1c(C#N)cnn1-c1cc(Cl)c(S(N)(=O)=O)cc1Cl. The molecule has 1 heterocycles. The van der Waals surface area contributed by atoms with Gasteiger partial charge in [-0.1, -0.05) is 23.2 Å². The average molecular weight is 331 g/mol. The lowest BCUT2D eigenvalue weighted by Gasteiger charge is -2.10. The summed E-state index contributed by atoms with van der Waals surface area (Å²) in [4.78, 5) is -0.266. The zero-order chi connectivity index (χ0) is 15.1. The topological polar surface area (TPSA) is 102 Å². The van der Waals surface area contributed by atoms with Crippen molar-refractivity contribution >= 4 is 33.2 Å². The van der Waals surface area contributed by atoms with E-state index >= 15 is 0 Å². The number of nitrogens with two attached hydrogens (primary N) is 1. The van der Waals surface area contributed by atoms with E-state index in [1.54, 1.807) is 6.92 Å². The van der Waals surface area contributed by atoms with E-state index in [1.807, 2.05) is 6.07 Å². The number of benzene rings is 1. The minimum Gasteiger partial charge on any atom is -0.235 e. The number of hydrogen-bond acceptors (Lipinski definition) is 4. The Morgan fingerprint density at radius 3 is 2.50 bits per heavy atom. The fourth-order valence-electron chi connectivity index (χ4n) is 1.66. The van der Waals surface area contributed by atoms with Gasteiger partial charge in [0, 0.05) is 0 Å². The molecule has 2 rings (SSSR count). The zero-order valence-electron chi connectivity index (χ0n) is 10.1. The normalized spacial score (nSPS) is 11.3. The van der Waals surface area contributed by atoms with Crippen LogP contribution in [0.3, 0.4) is 0 Å². The lowest BCUT2D eigenvalue weighted by atomic mass is 10.2. The van der Waals surface area contributed by atoms with Crippen molar-refractivity contribution in [1.82, 2.24) is 9.78 Å². The second-order valence-corrected chi connectivity index (χ2v) is 6.29. The van der Waals surface area contributed by atoms with E-state index in [-0.39, 0.29) is 14.9 Å². The Morgan fingerprint density at radius 2 is 2.00 bits per heavy atom. The van der Waals surface area contributed by atoms with Gasteiger partial charge in [0.25, 0.3) is 0 Å².